The van der Waals surface area contributed by atoms with Gasteiger partial charge in [-0.2, -0.15) is 0 Å². The first-order chi connectivity index (χ1) is 9.02. The SMILES string of the molecule is CCNC(c1cc(Br)c(C)s1)c1ccc(Br)cc1F. The molecule has 1 unspecified atom stereocenters. The molecule has 2 rings (SSSR count). The Morgan fingerprint density at radius 1 is 1.32 bits per heavy atom. The lowest BCUT2D eigenvalue weighted by Crippen LogP contribution is -2.22. The van der Waals surface area contributed by atoms with Crippen molar-refractivity contribution in [3.05, 3.63) is 54.3 Å². The molecule has 1 N–H and O–H groups in total. The Balaban J connectivity index is 2.44. The van der Waals surface area contributed by atoms with Crippen LogP contribution in [0, 0.1) is 12.7 Å². The van der Waals surface area contributed by atoms with Gasteiger partial charge >= 0.3 is 0 Å². The van der Waals surface area contributed by atoms with Gasteiger partial charge in [-0.05, 0) is 47.6 Å². The summed E-state index contributed by atoms with van der Waals surface area (Å²) in [6, 6.07) is 7.17. The summed E-state index contributed by atoms with van der Waals surface area (Å²) in [5.41, 5.74) is 0.679. The van der Waals surface area contributed by atoms with E-state index in [1.54, 1.807) is 11.3 Å². The van der Waals surface area contributed by atoms with Gasteiger partial charge < -0.3 is 5.32 Å². The van der Waals surface area contributed by atoms with Crippen LogP contribution in [0.15, 0.2) is 33.2 Å². The molecule has 0 aliphatic rings. The van der Waals surface area contributed by atoms with Crippen molar-refractivity contribution in [3.63, 3.8) is 0 Å². The maximum atomic E-state index is 14.1. The molecule has 0 aliphatic heterocycles. The molecule has 102 valence electrons. The maximum absolute atomic E-state index is 14.1. The van der Waals surface area contributed by atoms with Gasteiger partial charge in [0.1, 0.15) is 5.82 Å². The summed E-state index contributed by atoms with van der Waals surface area (Å²) in [6.07, 6.45) is 0. The molecule has 0 radical (unpaired) electrons. The molecule has 0 saturated carbocycles. The van der Waals surface area contributed by atoms with Gasteiger partial charge in [0.15, 0.2) is 0 Å². The number of thiophene rings is 1. The van der Waals surface area contributed by atoms with E-state index in [9.17, 15) is 4.39 Å². The topological polar surface area (TPSA) is 12.0 Å². The van der Waals surface area contributed by atoms with Crippen LogP contribution in [0.3, 0.4) is 0 Å². The highest BCUT2D eigenvalue weighted by atomic mass is 79.9. The molecule has 19 heavy (non-hydrogen) atoms. The zero-order valence-corrected chi connectivity index (χ0v) is 14.6. The third-order valence-electron chi connectivity index (χ3n) is 2.84. The summed E-state index contributed by atoms with van der Waals surface area (Å²) in [5.74, 6) is -0.192. The monoisotopic (exact) mass is 405 g/mol. The van der Waals surface area contributed by atoms with E-state index in [2.05, 4.69) is 50.2 Å². The molecule has 0 aliphatic carbocycles. The largest absolute Gasteiger partial charge is 0.306 e. The van der Waals surface area contributed by atoms with Gasteiger partial charge in [-0.25, -0.2) is 4.39 Å². The zero-order valence-electron chi connectivity index (χ0n) is 10.6. The first-order valence-corrected chi connectivity index (χ1v) is 8.37. The summed E-state index contributed by atoms with van der Waals surface area (Å²) in [7, 11) is 0. The minimum Gasteiger partial charge on any atom is -0.306 e. The Morgan fingerprint density at radius 3 is 2.58 bits per heavy atom. The van der Waals surface area contributed by atoms with Crippen molar-refractivity contribution < 1.29 is 4.39 Å². The average molecular weight is 407 g/mol. The van der Waals surface area contributed by atoms with Crippen molar-refractivity contribution in [1.29, 1.82) is 0 Å². The van der Waals surface area contributed by atoms with Crippen molar-refractivity contribution in [2.45, 2.75) is 19.9 Å². The predicted molar refractivity (Wildman–Crippen MR) is 86.4 cm³/mol. The summed E-state index contributed by atoms with van der Waals surface area (Å²) in [5, 5.41) is 3.35. The van der Waals surface area contributed by atoms with Crippen LogP contribution in [-0.2, 0) is 0 Å². The standard InChI is InChI=1S/C14H14Br2FNS/c1-3-18-14(13-7-11(16)8(2)19-13)10-5-4-9(15)6-12(10)17/h4-7,14,18H,3H2,1-2H3. The Kier molecular flexibility index (Phi) is 5.17. The van der Waals surface area contributed by atoms with E-state index < -0.39 is 0 Å². The number of halogens is 3. The Labute approximate surface area is 133 Å². The Hall–Kier alpha value is -0.230. The molecule has 0 bridgehead atoms. The summed E-state index contributed by atoms with van der Waals surface area (Å²) < 4.78 is 16.0. The van der Waals surface area contributed by atoms with Crippen molar-refractivity contribution >= 4 is 43.2 Å². The van der Waals surface area contributed by atoms with Crippen molar-refractivity contribution in [2.75, 3.05) is 6.54 Å². The van der Waals surface area contributed by atoms with Crippen LogP contribution in [0.2, 0.25) is 0 Å². The highest BCUT2D eigenvalue weighted by molar-refractivity contribution is 9.10. The third kappa shape index (κ3) is 3.45. The minimum absolute atomic E-state index is 0.104. The first kappa shape index (κ1) is 15.2. The van der Waals surface area contributed by atoms with E-state index in [0.717, 1.165) is 20.4 Å². The fourth-order valence-electron chi connectivity index (χ4n) is 1.93. The van der Waals surface area contributed by atoms with Crippen LogP contribution < -0.4 is 5.32 Å². The quantitative estimate of drug-likeness (QED) is 0.714. The van der Waals surface area contributed by atoms with Gasteiger partial charge in [0, 0.05) is 24.3 Å². The molecule has 1 nitrogen and oxygen atoms in total. The third-order valence-corrected chi connectivity index (χ3v) is 5.54. The van der Waals surface area contributed by atoms with E-state index >= 15 is 0 Å². The van der Waals surface area contributed by atoms with Crippen LogP contribution in [0.25, 0.3) is 0 Å². The molecular formula is C14H14Br2FNS. The number of benzene rings is 1. The van der Waals surface area contributed by atoms with Crippen molar-refractivity contribution in [1.82, 2.24) is 5.32 Å². The number of nitrogens with one attached hydrogen (secondary N) is 1. The molecular weight excluding hydrogens is 393 g/mol. The summed E-state index contributed by atoms with van der Waals surface area (Å²) >= 11 is 8.49. The lowest BCUT2D eigenvalue weighted by atomic mass is 10.0. The number of aryl methyl sites for hydroxylation is 1. The second kappa shape index (κ2) is 6.48. The molecule has 0 spiro atoms. The fraction of sp³-hybridized carbons (Fsp3) is 0.286. The average Bonchev–Trinajstić information content (AvgIpc) is 2.67. The van der Waals surface area contributed by atoms with Crippen LogP contribution in [-0.4, -0.2) is 6.54 Å². The Bertz CT molecular complexity index is 563. The molecule has 1 aromatic carbocycles. The molecule has 0 amide bonds. The van der Waals surface area contributed by atoms with Gasteiger partial charge in [0.2, 0.25) is 0 Å². The molecule has 2 aromatic rings. The van der Waals surface area contributed by atoms with E-state index in [1.165, 1.54) is 10.9 Å². The van der Waals surface area contributed by atoms with E-state index in [1.807, 2.05) is 19.1 Å². The van der Waals surface area contributed by atoms with E-state index in [-0.39, 0.29) is 11.9 Å². The number of rotatable bonds is 4. The van der Waals surface area contributed by atoms with Crippen LogP contribution >= 0.6 is 43.2 Å². The summed E-state index contributed by atoms with van der Waals surface area (Å²) in [4.78, 5) is 2.32. The molecule has 0 saturated heterocycles. The van der Waals surface area contributed by atoms with Gasteiger partial charge in [-0.3, -0.25) is 0 Å². The van der Waals surface area contributed by atoms with Gasteiger partial charge in [-0.15, -0.1) is 11.3 Å². The predicted octanol–water partition coefficient (Wildman–Crippen LogP) is 5.42. The minimum atomic E-state index is -0.192. The van der Waals surface area contributed by atoms with Gasteiger partial charge in [0.25, 0.3) is 0 Å². The van der Waals surface area contributed by atoms with Crippen molar-refractivity contribution in [2.24, 2.45) is 0 Å². The second-order valence-electron chi connectivity index (χ2n) is 4.21. The normalized spacial score (nSPS) is 12.7. The fourth-order valence-corrected chi connectivity index (χ4v) is 3.92. The lowest BCUT2D eigenvalue weighted by molar-refractivity contribution is 0.562. The Morgan fingerprint density at radius 2 is 2.05 bits per heavy atom. The lowest BCUT2D eigenvalue weighted by Gasteiger charge is -2.17. The smallest absolute Gasteiger partial charge is 0.129 e. The van der Waals surface area contributed by atoms with Crippen LogP contribution in [0.1, 0.15) is 28.3 Å². The first-order valence-electron chi connectivity index (χ1n) is 5.97. The molecule has 1 aromatic heterocycles. The highest BCUT2D eigenvalue weighted by Crippen LogP contribution is 2.35. The van der Waals surface area contributed by atoms with Crippen LogP contribution in [0.4, 0.5) is 4.39 Å². The number of hydrogen-bond acceptors (Lipinski definition) is 2. The second-order valence-corrected chi connectivity index (χ2v) is 7.27. The van der Waals surface area contributed by atoms with Crippen molar-refractivity contribution in [3.8, 4) is 0 Å². The molecule has 1 atom stereocenters. The molecule has 5 heteroatoms. The van der Waals surface area contributed by atoms with E-state index in [0.29, 0.717) is 5.56 Å². The van der Waals surface area contributed by atoms with Crippen LogP contribution in [0.5, 0.6) is 0 Å². The zero-order chi connectivity index (χ0) is 14.0. The molecule has 0 fully saturated rings. The van der Waals surface area contributed by atoms with Gasteiger partial charge in [0.05, 0.1) is 6.04 Å². The summed E-state index contributed by atoms with van der Waals surface area (Å²) in [6.45, 7) is 4.87. The molecule has 1 heterocycles. The van der Waals surface area contributed by atoms with Gasteiger partial charge in [-0.1, -0.05) is 28.9 Å². The number of hydrogen-bond donors (Lipinski definition) is 1. The van der Waals surface area contributed by atoms with E-state index in [4.69, 9.17) is 0 Å². The maximum Gasteiger partial charge on any atom is 0.129 e. The highest BCUT2D eigenvalue weighted by Gasteiger charge is 2.19.